The van der Waals surface area contributed by atoms with Crippen molar-refractivity contribution in [2.75, 3.05) is 6.54 Å². The van der Waals surface area contributed by atoms with Gasteiger partial charge in [0.1, 0.15) is 12.6 Å². The Labute approximate surface area is 370 Å². The number of hydrogen-bond donors (Lipinski definition) is 3. The van der Waals surface area contributed by atoms with Crippen LogP contribution in [0.4, 0.5) is 4.79 Å². The molecule has 7 atom stereocenters. The van der Waals surface area contributed by atoms with Gasteiger partial charge in [0.2, 0.25) is 11.8 Å². The number of alkyl carbamates (subject to hydrolysis) is 1. The smallest absolute Gasteiger partial charge is 0.408 e. The number of aliphatic hydroxyl groups excluding tert-OH is 1. The first kappa shape index (κ1) is 44.2. The molecule has 3 N–H and O–H groups in total. The number of amides is 4. The molecule has 4 amide bonds. The molecule has 0 radical (unpaired) electrons. The molecule has 3 saturated heterocycles. The highest BCUT2D eigenvalue weighted by atomic mass is 16.7. The zero-order valence-corrected chi connectivity index (χ0v) is 36.5. The van der Waals surface area contributed by atoms with Crippen LogP contribution in [-0.4, -0.2) is 75.0 Å². The van der Waals surface area contributed by atoms with Crippen molar-refractivity contribution < 1.29 is 38.5 Å². The maximum atomic E-state index is 13.9. The lowest BCUT2D eigenvalue weighted by Gasteiger charge is -2.50. The van der Waals surface area contributed by atoms with Crippen LogP contribution in [0.25, 0.3) is 11.1 Å². The number of likely N-dealkylation sites (tertiary alicyclic amines) is 2. The first-order chi connectivity index (χ1) is 30.4. The predicted molar refractivity (Wildman–Crippen MR) is 237 cm³/mol. The van der Waals surface area contributed by atoms with E-state index in [1.165, 1.54) is 17.7 Å². The number of hydrogen-bond acceptors (Lipinski definition) is 9. The van der Waals surface area contributed by atoms with E-state index < -0.39 is 24.3 Å². The Morgan fingerprint density at radius 1 is 0.810 bits per heavy atom. The molecule has 63 heavy (non-hydrogen) atoms. The van der Waals surface area contributed by atoms with E-state index in [1.807, 2.05) is 124 Å². The molecule has 3 heterocycles. The summed E-state index contributed by atoms with van der Waals surface area (Å²) in [6, 6.07) is 31.8. The molecular formula is C51H60N4O8. The van der Waals surface area contributed by atoms with Gasteiger partial charge in [-0.2, -0.15) is 0 Å². The number of aliphatic hydroxyl groups is 1. The number of carbonyl (C=O) groups is 4. The molecule has 0 spiro atoms. The zero-order valence-electron chi connectivity index (χ0n) is 36.5. The van der Waals surface area contributed by atoms with Crippen molar-refractivity contribution in [2.45, 2.75) is 134 Å². The molecular weight excluding hydrogens is 797 g/mol. The maximum Gasteiger partial charge on any atom is 0.408 e. The van der Waals surface area contributed by atoms with E-state index in [0.717, 1.165) is 64.6 Å². The van der Waals surface area contributed by atoms with Crippen LogP contribution in [0.5, 0.6) is 0 Å². The molecule has 4 fully saturated rings. The van der Waals surface area contributed by atoms with Crippen LogP contribution in [0.2, 0.25) is 0 Å². The lowest BCUT2D eigenvalue weighted by Crippen LogP contribution is -2.61. The van der Waals surface area contributed by atoms with E-state index in [2.05, 4.69) is 15.5 Å². The van der Waals surface area contributed by atoms with Crippen molar-refractivity contribution in [1.29, 1.82) is 0 Å². The first-order valence-corrected chi connectivity index (χ1v) is 22.5. The van der Waals surface area contributed by atoms with Crippen molar-refractivity contribution in [3.8, 4) is 11.1 Å². The number of imide groups is 1. The summed E-state index contributed by atoms with van der Waals surface area (Å²) in [5.41, 5.74) is 5.67. The fourth-order valence-corrected chi connectivity index (χ4v) is 9.79. The summed E-state index contributed by atoms with van der Waals surface area (Å²) in [6.07, 6.45) is 5.06. The molecule has 1 aliphatic carbocycles. The number of nitrogens with one attached hydrogen (secondary N) is 2. The lowest BCUT2D eigenvalue weighted by atomic mass is 9.75. The predicted octanol–water partition coefficient (Wildman–Crippen LogP) is 7.88. The summed E-state index contributed by atoms with van der Waals surface area (Å²) < 4.78 is 18.9. The van der Waals surface area contributed by atoms with E-state index >= 15 is 0 Å². The summed E-state index contributed by atoms with van der Waals surface area (Å²) in [7, 11) is 0. The van der Waals surface area contributed by atoms with E-state index in [1.54, 1.807) is 0 Å². The number of rotatable bonds is 12. The third kappa shape index (κ3) is 10.7. The molecule has 1 saturated carbocycles. The molecule has 4 aromatic carbocycles. The number of carbonyl (C=O) groups excluding carboxylic acids is 4. The third-order valence-corrected chi connectivity index (χ3v) is 12.9. The van der Waals surface area contributed by atoms with Crippen LogP contribution in [0.15, 0.2) is 103 Å². The largest absolute Gasteiger partial charge is 0.445 e. The number of benzene rings is 4. The highest BCUT2D eigenvalue weighted by molar-refractivity contribution is 6.06. The number of piperidine rings is 1. The highest BCUT2D eigenvalue weighted by Crippen LogP contribution is 2.42. The van der Waals surface area contributed by atoms with E-state index in [4.69, 9.17) is 14.2 Å². The van der Waals surface area contributed by atoms with Crippen LogP contribution in [0.3, 0.4) is 0 Å². The number of ether oxygens (including phenoxy) is 3. The van der Waals surface area contributed by atoms with E-state index in [-0.39, 0.29) is 61.8 Å². The van der Waals surface area contributed by atoms with Crippen LogP contribution >= 0.6 is 0 Å². The quantitative estimate of drug-likeness (QED) is 0.121. The van der Waals surface area contributed by atoms with Crippen LogP contribution < -0.4 is 10.6 Å². The summed E-state index contributed by atoms with van der Waals surface area (Å²) in [5.74, 6) is -0.200. The number of fused-ring (bicyclic) bond motifs is 1. The monoisotopic (exact) mass is 856 g/mol. The van der Waals surface area contributed by atoms with Crippen LogP contribution in [0, 0.1) is 5.92 Å². The van der Waals surface area contributed by atoms with E-state index in [0.29, 0.717) is 24.9 Å². The van der Waals surface area contributed by atoms with Crippen molar-refractivity contribution in [3.63, 3.8) is 0 Å². The van der Waals surface area contributed by atoms with Gasteiger partial charge in [-0.25, -0.2) is 4.79 Å². The second-order valence-corrected chi connectivity index (χ2v) is 18.6. The van der Waals surface area contributed by atoms with Gasteiger partial charge in [0.05, 0.1) is 37.8 Å². The summed E-state index contributed by atoms with van der Waals surface area (Å²) in [5, 5.41) is 15.6. The summed E-state index contributed by atoms with van der Waals surface area (Å²) >= 11 is 0. The minimum absolute atomic E-state index is 0.0421. The molecule has 3 aliphatic heterocycles. The summed E-state index contributed by atoms with van der Waals surface area (Å²) in [4.78, 5) is 56.7. The van der Waals surface area contributed by atoms with Crippen molar-refractivity contribution in [1.82, 2.24) is 20.4 Å². The Morgan fingerprint density at radius 2 is 1.52 bits per heavy atom. The molecule has 8 rings (SSSR count). The highest BCUT2D eigenvalue weighted by Gasteiger charge is 2.45. The van der Waals surface area contributed by atoms with Gasteiger partial charge in [0, 0.05) is 30.1 Å². The number of nitrogens with zero attached hydrogens (tertiary/aromatic N) is 2. The molecule has 12 nitrogen and oxygen atoms in total. The van der Waals surface area contributed by atoms with Crippen molar-refractivity contribution in [3.05, 3.63) is 131 Å². The van der Waals surface area contributed by atoms with Crippen molar-refractivity contribution in [2.24, 2.45) is 5.92 Å². The lowest BCUT2D eigenvalue weighted by molar-refractivity contribution is -0.255. The average Bonchev–Trinajstić information content (AvgIpc) is 3.55. The fraction of sp³-hybridized carbons (Fsp3) is 0.451. The molecule has 12 heteroatoms. The fourth-order valence-electron chi connectivity index (χ4n) is 9.79. The second-order valence-electron chi connectivity index (χ2n) is 18.6. The van der Waals surface area contributed by atoms with Crippen LogP contribution in [-0.2, 0) is 48.4 Å². The van der Waals surface area contributed by atoms with Gasteiger partial charge in [-0.1, -0.05) is 116 Å². The SMILES string of the molecule is CC(C)(C)NC(=O)[C@H]1CC[C@H]2CCCC[C@H]2N1C[C@@H]1C[C@H](c2ccc(CO)cc2)O[C@H](c2ccc(-c3ccccc3CN3C(=O)CC(NC(=O)OCc4ccccc4)C3=O)cc2)O1. The van der Waals surface area contributed by atoms with E-state index in [9.17, 15) is 24.3 Å². The Morgan fingerprint density at radius 3 is 2.27 bits per heavy atom. The Kier molecular flexibility index (Phi) is 13.7. The second kappa shape index (κ2) is 19.6. The maximum absolute atomic E-state index is 13.9. The molecule has 4 aliphatic rings. The normalized spacial score (nSPS) is 25.3. The Bertz CT molecular complexity index is 2230. The van der Waals surface area contributed by atoms with Gasteiger partial charge in [0.15, 0.2) is 6.29 Å². The Balaban J connectivity index is 0.989. The molecule has 0 aromatic heterocycles. The van der Waals surface area contributed by atoms with Gasteiger partial charge in [-0.15, -0.1) is 0 Å². The van der Waals surface area contributed by atoms with Crippen LogP contribution in [0.1, 0.15) is 112 Å². The summed E-state index contributed by atoms with van der Waals surface area (Å²) in [6.45, 7) is 6.76. The standard InChI is InChI=1S/C51H60N4O8/c1-51(2,3)53-47(58)44-26-25-36-13-8-10-16-43(36)54(44)30-40-27-45(37-19-17-33(31-56)18-20-37)63-49(62-40)38-23-21-35(22-24-38)41-15-9-7-14-39(41)29-55-46(57)28-42(48(55)59)52-50(60)61-32-34-11-5-4-6-12-34/h4-7,9,11-12,14-15,17-24,36,40,42-45,49,56H,8,10,13,16,25-32H2,1-3H3,(H,52,60)(H,53,58)/t36-,40+,42?,43-,44-,45-,49-/m1/s1. The van der Waals surface area contributed by atoms with Crippen molar-refractivity contribution >= 4 is 23.8 Å². The van der Waals surface area contributed by atoms with Gasteiger partial charge in [-0.05, 0) is 85.8 Å². The van der Waals surface area contributed by atoms with Gasteiger partial charge in [-0.3, -0.25) is 24.2 Å². The zero-order chi connectivity index (χ0) is 44.1. The minimum atomic E-state index is -1.01. The first-order valence-electron chi connectivity index (χ1n) is 22.5. The topological polar surface area (TPSA) is 147 Å². The minimum Gasteiger partial charge on any atom is -0.445 e. The molecule has 1 unspecified atom stereocenters. The Hall–Kier alpha value is -5.40. The third-order valence-electron chi connectivity index (χ3n) is 12.9. The molecule has 0 bridgehead atoms. The molecule has 332 valence electrons. The van der Waals surface area contributed by atoms with Gasteiger partial charge >= 0.3 is 6.09 Å². The van der Waals surface area contributed by atoms with Gasteiger partial charge in [0.25, 0.3) is 5.91 Å². The average molecular weight is 857 g/mol. The molecule has 4 aromatic rings. The van der Waals surface area contributed by atoms with Gasteiger partial charge < -0.3 is 30.0 Å².